The fourth-order valence-electron chi connectivity index (χ4n) is 3.69. The standard InChI is InChI=1S/C21H20FNO5S/c22-15-7-5-14(6-8-15)19-10-9-16(28-19)13-18-21(25)17-3-1-2-4-20(17)29(26,27)23(18)11-12-24/h1-10,18,21,24-25H,11-13H2/t18-,21-/m0/s1. The number of fused-ring (bicyclic) bond motifs is 1. The van der Waals surface area contributed by atoms with Crippen LogP contribution in [0.15, 0.2) is 70.0 Å². The summed E-state index contributed by atoms with van der Waals surface area (Å²) in [5, 5.41) is 20.3. The molecule has 6 nitrogen and oxygen atoms in total. The summed E-state index contributed by atoms with van der Waals surface area (Å²) in [4.78, 5) is 0.0450. The molecule has 0 fully saturated rings. The number of hydrogen-bond donors (Lipinski definition) is 2. The van der Waals surface area contributed by atoms with Crippen LogP contribution in [0.3, 0.4) is 0 Å². The number of aliphatic hydroxyl groups excluding tert-OH is 2. The molecule has 29 heavy (non-hydrogen) atoms. The largest absolute Gasteiger partial charge is 0.461 e. The monoisotopic (exact) mass is 417 g/mol. The molecule has 0 saturated carbocycles. The highest BCUT2D eigenvalue weighted by molar-refractivity contribution is 7.89. The normalized spacial score (nSPS) is 21.1. The molecule has 2 heterocycles. The molecule has 0 saturated heterocycles. The van der Waals surface area contributed by atoms with Gasteiger partial charge in [0, 0.05) is 24.1 Å². The Labute approximate surface area is 167 Å². The van der Waals surface area contributed by atoms with E-state index < -0.39 is 22.2 Å². The van der Waals surface area contributed by atoms with Crippen molar-refractivity contribution in [1.29, 1.82) is 0 Å². The Kier molecular flexibility index (Phi) is 5.26. The zero-order chi connectivity index (χ0) is 20.6. The summed E-state index contributed by atoms with van der Waals surface area (Å²) in [5.74, 6) is 0.641. The van der Waals surface area contributed by atoms with Crippen LogP contribution in [0.4, 0.5) is 4.39 Å². The van der Waals surface area contributed by atoms with Gasteiger partial charge >= 0.3 is 0 Å². The highest BCUT2D eigenvalue weighted by Crippen LogP contribution is 2.38. The van der Waals surface area contributed by atoms with Crippen LogP contribution in [0, 0.1) is 5.82 Å². The number of benzene rings is 2. The van der Waals surface area contributed by atoms with Crippen molar-refractivity contribution >= 4 is 10.0 Å². The molecule has 1 aliphatic heterocycles. The van der Waals surface area contributed by atoms with E-state index in [0.717, 1.165) is 4.31 Å². The van der Waals surface area contributed by atoms with Crippen LogP contribution in [0.5, 0.6) is 0 Å². The van der Waals surface area contributed by atoms with E-state index in [4.69, 9.17) is 4.42 Å². The molecule has 0 radical (unpaired) electrons. The molecule has 0 aliphatic carbocycles. The van der Waals surface area contributed by atoms with Crippen molar-refractivity contribution in [2.75, 3.05) is 13.2 Å². The summed E-state index contributed by atoms with van der Waals surface area (Å²) in [6.07, 6.45) is -0.948. The average Bonchev–Trinajstić information content (AvgIpc) is 3.18. The van der Waals surface area contributed by atoms with Gasteiger partial charge in [-0.25, -0.2) is 12.8 Å². The lowest BCUT2D eigenvalue weighted by atomic mass is 9.98. The van der Waals surface area contributed by atoms with Crippen LogP contribution in [0.25, 0.3) is 11.3 Å². The Morgan fingerprint density at radius 2 is 1.76 bits per heavy atom. The summed E-state index contributed by atoms with van der Waals surface area (Å²) in [5.41, 5.74) is 1.02. The SMILES string of the molecule is O=S1(=O)c2ccccc2[C@H](O)[C@H](Cc2ccc(-c3ccc(F)cc3)o2)N1CCO. The van der Waals surface area contributed by atoms with Gasteiger partial charge in [-0.2, -0.15) is 4.31 Å². The second-order valence-electron chi connectivity index (χ2n) is 6.87. The number of aliphatic hydroxyl groups is 2. The van der Waals surface area contributed by atoms with Crippen molar-refractivity contribution in [2.24, 2.45) is 0 Å². The molecule has 152 valence electrons. The fourth-order valence-corrected chi connectivity index (χ4v) is 5.55. The molecule has 4 rings (SSSR count). The summed E-state index contributed by atoms with van der Waals surface area (Å²) in [7, 11) is -3.87. The molecule has 3 aromatic rings. The number of furan rings is 1. The number of rotatable bonds is 5. The predicted molar refractivity (Wildman–Crippen MR) is 104 cm³/mol. The van der Waals surface area contributed by atoms with E-state index in [1.807, 2.05) is 0 Å². The first-order valence-corrected chi connectivity index (χ1v) is 10.6. The van der Waals surface area contributed by atoms with E-state index in [2.05, 4.69) is 0 Å². The highest BCUT2D eigenvalue weighted by atomic mass is 32.2. The fraction of sp³-hybridized carbons (Fsp3) is 0.238. The Morgan fingerprint density at radius 1 is 1.03 bits per heavy atom. The van der Waals surface area contributed by atoms with E-state index in [9.17, 15) is 23.0 Å². The van der Waals surface area contributed by atoms with E-state index in [-0.39, 0.29) is 30.3 Å². The third kappa shape index (κ3) is 3.60. The highest BCUT2D eigenvalue weighted by Gasteiger charge is 2.43. The third-order valence-corrected chi connectivity index (χ3v) is 7.08. The molecule has 0 spiro atoms. The van der Waals surface area contributed by atoms with Gasteiger partial charge in [-0.15, -0.1) is 0 Å². The smallest absolute Gasteiger partial charge is 0.243 e. The maximum Gasteiger partial charge on any atom is 0.243 e. The zero-order valence-corrected chi connectivity index (χ0v) is 16.2. The molecule has 1 aromatic heterocycles. The Bertz CT molecular complexity index is 1110. The summed E-state index contributed by atoms with van der Waals surface area (Å²) in [6.45, 7) is -0.506. The lowest BCUT2D eigenvalue weighted by Gasteiger charge is -2.38. The maximum absolute atomic E-state index is 13.1. The predicted octanol–water partition coefficient (Wildman–Crippen LogP) is 2.73. The first kappa shape index (κ1) is 19.8. The van der Waals surface area contributed by atoms with Gasteiger partial charge in [0.1, 0.15) is 17.3 Å². The van der Waals surface area contributed by atoms with Gasteiger partial charge < -0.3 is 14.6 Å². The third-order valence-electron chi connectivity index (χ3n) is 5.08. The van der Waals surface area contributed by atoms with Crippen molar-refractivity contribution < 1.29 is 27.4 Å². The Balaban J connectivity index is 1.68. The van der Waals surface area contributed by atoms with Gasteiger partial charge in [-0.3, -0.25) is 0 Å². The molecule has 2 atom stereocenters. The van der Waals surface area contributed by atoms with Crippen molar-refractivity contribution in [3.63, 3.8) is 0 Å². The van der Waals surface area contributed by atoms with Gasteiger partial charge in [-0.05, 0) is 42.5 Å². The van der Waals surface area contributed by atoms with E-state index >= 15 is 0 Å². The lowest BCUT2D eigenvalue weighted by molar-refractivity contribution is 0.0698. The molecule has 0 bridgehead atoms. The van der Waals surface area contributed by atoms with Crippen LogP contribution in [0.2, 0.25) is 0 Å². The number of halogens is 1. The first-order valence-electron chi connectivity index (χ1n) is 9.16. The van der Waals surface area contributed by atoms with Crippen molar-refractivity contribution in [2.45, 2.75) is 23.5 Å². The number of β-amino-alcohol motifs (C(OH)–C–C–N with tert-alkyl or cyclic N) is 1. The summed E-state index contributed by atoms with van der Waals surface area (Å²) < 4.78 is 46.2. The molecule has 0 unspecified atom stereocenters. The molecule has 8 heteroatoms. The quantitative estimate of drug-likeness (QED) is 0.666. The van der Waals surface area contributed by atoms with Crippen LogP contribution < -0.4 is 0 Å². The van der Waals surface area contributed by atoms with Gasteiger partial charge in [0.2, 0.25) is 10.0 Å². The topological polar surface area (TPSA) is 91.0 Å². The van der Waals surface area contributed by atoms with Gasteiger partial charge in [0.05, 0.1) is 23.6 Å². The van der Waals surface area contributed by atoms with Gasteiger partial charge in [0.15, 0.2) is 0 Å². The molecule has 1 aliphatic rings. The van der Waals surface area contributed by atoms with Crippen LogP contribution in [0.1, 0.15) is 17.4 Å². The number of hydrogen-bond acceptors (Lipinski definition) is 5. The minimum atomic E-state index is -3.87. The summed E-state index contributed by atoms with van der Waals surface area (Å²) >= 11 is 0. The zero-order valence-electron chi connectivity index (χ0n) is 15.4. The Morgan fingerprint density at radius 3 is 2.48 bits per heavy atom. The molecular weight excluding hydrogens is 397 g/mol. The molecule has 2 aromatic carbocycles. The number of sulfonamides is 1. The van der Waals surface area contributed by atoms with E-state index in [1.54, 1.807) is 42.5 Å². The second kappa shape index (κ2) is 7.72. The Hall–Kier alpha value is -2.52. The van der Waals surface area contributed by atoms with Crippen molar-refractivity contribution in [3.8, 4) is 11.3 Å². The minimum absolute atomic E-state index is 0.0450. The van der Waals surface area contributed by atoms with Crippen LogP contribution in [-0.4, -0.2) is 42.1 Å². The van der Waals surface area contributed by atoms with Gasteiger partial charge in [0.25, 0.3) is 0 Å². The molecule has 2 N–H and O–H groups in total. The second-order valence-corrected chi connectivity index (χ2v) is 8.73. The molecule has 0 amide bonds. The average molecular weight is 417 g/mol. The van der Waals surface area contributed by atoms with Crippen molar-refractivity contribution in [1.82, 2.24) is 4.31 Å². The van der Waals surface area contributed by atoms with Crippen molar-refractivity contribution in [3.05, 3.63) is 77.8 Å². The van der Waals surface area contributed by atoms with E-state index in [0.29, 0.717) is 22.6 Å². The van der Waals surface area contributed by atoms with Gasteiger partial charge in [-0.1, -0.05) is 18.2 Å². The maximum atomic E-state index is 13.1. The molecular formula is C21H20FNO5S. The number of nitrogens with zero attached hydrogens (tertiary/aromatic N) is 1. The first-order chi connectivity index (χ1) is 13.9. The van der Waals surface area contributed by atoms with E-state index in [1.165, 1.54) is 18.2 Å². The summed E-state index contributed by atoms with van der Waals surface area (Å²) in [6, 6.07) is 14.8. The van der Waals surface area contributed by atoms with Crippen LogP contribution in [-0.2, 0) is 16.4 Å². The minimum Gasteiger partial charge on any atom is -0.461 e. The van der Waals surface area contributed by atoms with Crippen LogP contribution >= 0.6 is 0 Å². The lowest BCUT2D eigenvalue weighted by Crippen LogP contribution is -2.50.